The van der Waals surface area contributed by atoms with E-state index in [-0.39, 0.29) is 37.1 Å². The number of hydrogen-bond acceptors (Lipinski definition) is 4. The topological polar surface area (TPSA) is 96.8 Å². The Morgan fingerprint density at radius 3 is 2.31 bits per heavy atom. The number of rotatable bonds is 8. The summed E-state index contributed by atoms with van der Waals surface area (Å²) in [6, 6.07) is 2.64. The van der Waals surface area contributed by atoms with Gasteiger partial charge in [-0.05, 0) is 62.8 Å². The van der Waals surface area contributed by atoms with Gasteiger partial charge in [-0.1, -0.05) is 0 Å². The number of amides is 1. The first-order valence-electron chi connectivity index (χ1n) is 11.5. The van der Waals surface area contributed by atoms with Crippen LogP contribution in [0.3, 0.4) is 0 Å². The molecule has 192 valence electrons. The van der Waals surface area contributed by atoms with Gasteiger partial charge in [-0.15, -0.1) is 0 Å². The third-order valence-corrected chi connectivity index (χ3v) is 6.21. The van der Waals surface area contributed by atoms with E-state index >= 15 is 0 Å². The SMILES string of the molecule is CC(C(N=CN)=Nc1ncccn1)N(CC1CC1)C(=O)c1cc(C(F)(F)F)cc(C(F)(F)C2CC2)c1. The molecule has 1 atom stereocenters. The molecule has 2 aromatic rings. The normalized spacial score (nSPS) is 17.9. The van der Waals surface area contributed by atoms with E-state index < -0.39 is 46.7 Å². The molecule has 0 radical (unpaired) electrons. The molecule has 1 heterocycles. The van der Waals surface area contributed by atoms with E-state index in [9.17, 15) is 26.7 Å². The molecule has 0 spiro atoms. The number of alkyl halides is 5. The maximum atomic E-state index is 14.8. The molecule has 1 amide bonds. The molecule has 2 fully saturated rings. The third kappa shape index (κ3) is 5.85. The molecular weight excluding hydrogens is 483 g/mol. The smallest absolute Gasteiger partial charge is 0.390 e. The van der Waals surface area contributed by atoms with Gasteiger partial charge in [-0.3, -0.25) is 4.79 Å². The summed E-state index contributed by atoms with van der Waals surface area (Å²) >= 11 is 0. The van der Waals surface area contributed by atoms with Crippen LogP contribution in [0.5, 0.6) is 0 Å². The fourth-order valence-corrected chi connectivity index (χ4v) is 3.85. The maximum Gasteiger partial charge on any atom is 0.416 e. The molecule has 4 rings (SSSR count). The quantitative estimate of drug-likeness (QED) is 0.310. The van der Waals surface area contributed by atoms with Gasteiger partial charge < -0.3 is 10.6 Å². The summed E-state index contributed by atoms with van der Waals surface area (Å²) in [7, 11) is 0. The van der Waals surface area contributed by atoms with Gasteiger partial charge in [-0.2, -0.15) is 18.2 Å². The van der Waals surface area contributed by atoms with Gasteiger partial charge in [-0.25, -0.2) is 23.7 Å². The summed E-state index contributed by atoms with van der Waals surface area (Å²) in [5.74, 6) is -5.10. The van der Waals surface area contributed by atoms with E-state index in [1.54, 1.807) is 13.0 Å². The van der Waals surface area contributed by atoms with Gasteiger partial charge in [0.05, 0.1) is 17.9 Å². The Labute approximate surface area is 204 Å². The van der Waals surface area contributed by atoms with Crippen molar-refractivity contribution in [3.8, 4) is 0 Å². The van der Waals surface area contributed by atoms with Gasteiger partial charge in [0, 0.05) is 36.0 Å². The second-order valence-corrected chi connectivity index (χ2v) is 9.07. The molecule has 7 nitrogen and oxygen atoms in total. The minimum absolute atomic E-state index is 0.0493. The van der Waals surface area contributed by atoms with E-state index in [0.717, 1.165) is 25.2 Å². The van der Waals surface area contributed by atoms with E-state index in [4.69, 9.17) is 5.73 Å². The van der Waals surface area contributed by atoms with Crippen molar-refractivity contribution in [2.45, 2.75) is 50.7 Å². The minimum atomic E-state index is -4.90. The number of halogens is 5. The number of aliphatic imine (C=N–C) groups is 2. The fraction of sp³-hybridized carbons (Fsp3) is 0.458. The molecule has 0 aliphatic heterocycles. The summed E-state index contributed by atoms with van der Waals surface area (Å²) in [5.41, 5.74) is 2.89. The second-order valence-electron chi connectivity index (χ2n) is 9.07. The highest BCUT2D eigenvalue weighted by molar-refractivity contribution is 6.01. The van der Waals surface area contributed by atoms with Crippen LogP contribution in [-0.4, -0.2) is 45.5 Å². The number of carbonyl (C=O) groups excluding carboxylic acids is 1. The van der Waals surface area contributed by atoms with Crippen LogP contribution in [-0.2, 0) is 12.1 Å². The van der Waals surface area contributed by atoms with Crippen LogP contribution in [0.1, 0.15) is 54.1 Å². The van der Waals surface area contributed by atoms with Crippen molar-refractivity contribution in [1.29, 1.82) is 0 Å². The van der Waals surface area contributed by atoms with Crippen molar-refractivity contribution in [2.75, 3.05) is 6.54 Å². The van der Waals surface area contributed by atoms with E-state index in [2.05, 4.69) is 20.0 Å². The van der Waals surface area contributed by atoms with Crippen molar-refractivity contribution < 1.29 is 26.7 Å². The molecule has 1 aromatic heterocycles. The molecule has 36 heavy (non-hydrogen) atoms. The van der Waals surface area contributed by atoms with Crippen LogP contribution >= 0.6 is 0 Å². The molecule has 2 aliphatic rings. The summed E-state index contributed by atoms with van der Waals surface area (Å²) < 4.78 is 70.6. The number of hydrogen-bond donors (Lipinski definition) is 1. The van der Waals surface area contributed by atoms with Crippen molar-refractivity contribution in [2.24, 2.45) is 27.6 Å². The van der Waals surface area contributed by atoms with Gasteiger partial charge in [0.25, 0.3) is 17.8 Å². The third-order valence-electron chi connectivity index (χ3n) is 6.21. The van der Waals surface area contributed by atoms with Crippen LogP contribution in [0.2, 0.25) is 0 Å². The summed E-state index contributed by atoms with van der Waals surface area (Å²) in [6.07, 6.45) is 1.08. The van der Waals surface area contributed by atoms with Crippen LogP contribution in [0.15, 0.2) is 46.6 Å². The molecule has 1 aromatic carbocycles. The van der Waals surface area contributed by atoms with Crippen LogP contribution < -0.4 is 5.73 Å². The fourth-order valence-electron chi connectivity index (χ4n) is 3.85. The Kier molecular flexibility index (Phi) is 7.05. The number of nitrogens with two attached hydrogens (primary N) is 1. The largest absolute Gasteiger partial charge is 0.416 e. The summed E-state index contributed by atoms with van der Waals surface area (Å²) in [6.45, 7) is 1.78. The zero-order valence-corrected chi connectivity index (χ0v) is 19.4. The molecule has 2 N–H and O–H groups in total. The van der Waals surface area contributed by atoms with E-state index in [1.165, 1.54) is 17.3 Å². The zero-order chi connectivity index (χ0) is 26.1. The highest BCUT2D eigenvalue weighted by Gasteiger charge is 2.49. The summed E-state index contributed by atoms with van der Waals surface area (Å²) in [5, 5.41) is 0. The minimum Gasteiger partial charge on any atom is -0.390 e. The van der Waals surface area contributed by atoms with Crippen molar-refractivity contribution in [3.05, 3.63) is 53.3 Å². The van der Waals surface area contributed by atoms with Crippen molar-refractivity contribution >= 4 is 24.0 Å². The molecule has 0 saturated heterocycles. The lowest BCUT2D eigenvalue weighted by molar-refractivity contribution is -0.137. The number of carbonyl (C=O) groups is 1. The summed E-state index contributed by atoms with van der Waals surface area (Å²) in [4.78, 5) is 31.1. The predicted molar refractivity (Wildman–Crippen MR) is 123 cm³/mol. The van der Waals surface area contributed by atoms with Gasteiger partial charge in [0.15, 0.2) is 5.84 Å². The molecule has 1 unspecified atom stereocenters. The highest BCUT2D eigenvalue weighted by atomic mass is 19.4. The molecule has 2 aliphatic carbocycles. The first-order chi connectivity index (χ1) is 17.0. The van der Waals surface area contributed by atoms with Crippen LogP contribution in [0.4, 0.5) is 27.9 Å². The molecule has 0 bridgehead atoms. The zero-order valence-electron chi connectivity index (χ0n) is 19.4. The number of benzene rings is 1. The maximum absolute atomic E-state index is 14.8. The predicted octanol–water partition coefficient (Wildman–Crippen LogP) is 4.96. The average molecular weight is 508 g/mol. The van der Waals surface area contributed by atoms with Gasteiger partial charge in [0.1, 0.15) is 0 Å². The Balaban J connectivity index is 1.74. The lowest BCUT2D eigenvalue weighted by Crippen LogP contribution is -2.44. The molecule has 12 heteroatoms. The first-order valence-corrected chi connectivity index (χ1v) is 11.5. The number of nitrogens with zero attached hydrogens (tertiary/aromatic N) is 5. The lowest BCUT2D eigenvalue weighted by atomic mass is 9.97. The number of aromatic nitrogens is 2. The Morgan fingerprint density at radius 1 is 1.11 bits per heavy atom. The van der Waals surface area contributed by atoms with E-state index in [0.29, 0.717) is 12.1 Å². The Hall–Kier alpha value is -3.44. The first kappa shape index (κ1) is 25.6. The van der Waals surface area contributed by atoms with Crippen LogP contribution in [0.25, 0.3) is 0 Å². The molecule has 2 saturated carbocycles. The lowest BCUT2D eigenvalue weighted by Gasteiger charge is -2.30. The van der Waals surface area contributed by atoms with Gasteiger partial charge >= 0.3 is 6.18 Å². The van der Waals surface area contributed by atoms with Crippen LogP contribution in [0, 0.1) is 11.8 Å². The average Bonchev–Trinajstić information content (AvgIpc) is 3.75. The number of amidine groups is 1. The Bertz CT molecular complexity index is 1160. The Morgan fingerprint density at radius 2 is 1.75 bits per heavy atom. The molecular formula is C24H25F5N6O. The monoisotopic (exact) mass is 508 g/mol. The van der Waals surface area contributed by atoms with Gasteiger partial charge in [0.2, 0.25) is 0 Å². The van der Waals surface area contributed by atoms with Crippen molar-refractivity contribution in [1.82, 2.24) is 14.9 Å². The highest BCUT2D eigenvalue weighted by Crippen LogP contribution is 2.50. The standard InChI is InChI=1S/C24H25F5N6O/c1-14(20(33-13-30)34-22-31-7-2-8-32-22)35(12-15-3-4-15)21(36)16-9-18(23(25,26)17-5-6-17)11-19(10-16)24(27,28)29/h2,7-11,13-15,17H,3-6,12H2,1H3,(H2,30,31,32,33,34). The van der Waals surface area contributed by atoms with E-state index in [1.807, 2.05) is 0 Å². The second kappa shape index (κ2) is 9.90. The van der Waals surface area contributed by atoms with Crippen molar-refractivity contribution in [3.63, 3.8) is 0 Å².